The van der Waals surface area contributed by atoms with Crippen LogP contribution < -0.4 is 0 Å². The largest absolute Gasteiger partial charge is 0.458 e. The summed E-state index contributed by atoms with van der Waals surface area (Å²) in [6.45, 7) is 3.64. The van der Waals surface area contributed by atoms with E-state index in [9.17, 15) is 14.4 Å². The van der Waals surface area contributed by atoms with E-state index in [-0.39, 0.29) is 6.61 Å². The van der Waals surface area contributed by atoms with E-state index in [2.05, 4.69) is 4.74 Å². The van der Waals surface area contributed by atoms with Crippen molar-refractivity contribution >= 4 is 17.9 Å². The van der Waals surface area contributed by atoms with Crippen molar-refractivity contribution in [1.29, 1.82) is 0 Å². The molecule has 0 spiro atoms. The van der Waals surface area contributed by atoms with Gasteiger partial charge in [-0.2, -0.15) is 0 Å². The van der Waals surface area contributed by atoms with E-state index in [1.54, 1.807) is 0 Å². The van der Waals surface area contributed by atoms with Gasteiger partial charge in [0.05, 0.1) is 0 Å². The normalized spacial score (nSPS) is 29.5. The molecule has 1 rings (SSSR count). The first-order valence-corrected chi connectivity index (χ1v) is 4.40. The van der Waals surface area contributed by atoms with Gasteiger partial charge < -0.3 is 14.2 Å². The lowest BCUT2D eigenvalue weighted by molar-refractivity contribution is -0.180. The number of carbonyl (C=O) groups is 3. The van der Waals surface area contributed by atoms with Crippen LogP contribution in [-0.4, -0.2) is 36.2 Å². The summed E-state index contributed by atoms with van der Waals surface area (Å²) in [6, 6.07) is 0. The van der Waals surface area contributed by atoms with Gasteiger partial charge in [0.1, 0.15) is 6.61 Å². The van der Waals surface area contributed by atoms with Crippen molar-refractivity contribution < 1.29 is 28.6 Å². The lowest BCUT2D eigenvalue weighted by Gasteiger charge is -2.25. The molecule has 0 N–H and O–H groups in total. The van der Waals surface area contributed by atoms with Crippen LogP contribution in [0.3, 0.4) is 0 Å². The van der Waals surface area contributed by atoms with E-state index in [4.69, 9.17) is 9.47 Å². The van der Waals surface area contributed by atoms with E-state index >= 15 is 0 Å². The average molecular weight is 216 g/mol. The van der Waals surface area contributed by atoms with Crippen LogP contribution in [0.25, 0.3) is 0 Å². The minimum Gasteiger partial charge on any atom is -0.458 e. The van der Waals surface area contributed by atoms with Gasteiger partial charge in [-0.3, -0.25) is 9.59 Å². The van der Waals surface area contributed by atoms with E-state index in [1.807, 2.05) is 0 Å². The molecule has 6 heteroatoms. The van der Waals surface area contributed by atoms with Gasteiger partial charge >= 0.3 is 17.9 Å². The van der Waals surface area contributed by atoms with Crippen LogP contribution in [0.4, 0.5) is 0 Å². The molecule has 15 heavy (non-hydrogen) atoms. The van der Waals surface area contributed by atoms with Crippen LogP contribution in [0, 0.1) is 0 Å². The molecule has 6 nitrogen and oxygen atoms in total. The van der Waals surface area contributed by atoms with Gasteiger partial charge in [-0.05, 0) is 6.92 Å². The summed E-state index contributed by atoms with van der Waals surface area (Å²) in [5.41, 5.74) is -1.53. The number of hydrogen-bond acceptors (Lipinski definition) is 6. The molecule has 0 aliphatic carbocycles. The Labute approximate surface area is 86.5 Å². The first kappa shape index (κ1) is 11.5. The molecule has 1 saturated heterocycles. The summed E-state index contributed by atoms with van der Waals surface area (Å²) < 4.78 is 14.4. The van der Waals surface area contributed by atoms with Crippen molar-refractivity contribution in [3.8, 4) is 0 Å². The van der Waals surface area contributed by atoms with Gasteiger partial charge in [-0.25, -0.2) is 4.79 Å². The maximum Gasteiger partial charge on any atom is 0.354 e. The van der Waals surface area contributed by atoms with Gasteiger partial charge in [0.2, 0.25) is 5.60 Å². The molecular weight excluding hydrogens is 204 g/mol. The average Bonchev–Trinajstić information content (AvgIpc) is 2.31. The van der Waals surface area contributed by atoms with Crippen LogP contribution in [0.5, 0.6) is 0 Å². The molecule has 1 fully saturated rings. The highest BCUT2D eigenvalue weighted by atomic mass is 16.7. The minimum atomic E-state index is -1.53. The van der Waals surface area contributed by atoms with Crippen LogP contribution >= 0.6 is 0 Å². The molecule has 0 bridgehead atoms. The molecule has 1 aliphatic heterocycles. The van der Waals surface area contributed by atoms with Gasteiger partial charge in [-0.15, -0.1) is 0 Å². The fourth-order valence-corrected chi connectivity index (χ4v) is 1.34. The Hall–Kier alpha value is -1.59. The zero-order valence-electron chi connectivity index (χ0n) is 8.73. The Morgan fingerprint density at radius 3 is 2.47 bits per heavy atom. The lowest BCUT2D eigenvalue weighted by Crippen LogP contribution is -2.47. The second-order valence-corrected chi connectivity index (χ2v) is 3.40. The number of cyclic esters (lactones) is 1. The first-order chi connectivity index (χ1) is 6.86. The van der Waals surface area contributed by atoms with Gasteiger partial charge in [0.25, 0.3) is 0 Å². The van der Waals surface area contributed by atoms with Crippen LogP contribution in [0.2, 0.25) is 0 Å². The number of rotatable bonds is 2. The topological polar surface area (TPSA) is 78.9 Å². The summed E-state index contributed by atoms with van der Waals surface area (Å²) >= 11 is 0. The first-order valence-electron chi connectivity index (χ1n) is 4.40. The van der Waals surface area contributed by atoms with E-state index in [0.29, 0.717) is 0 Å². The third-order valence-corrected chi connectivity index (χ3v) is 2.05. The number of hydrogen-bond donors (Lipinski definition) is 0. The fraction of sp³-hybridized carbons (Fsp3) is 0.667. The van der Waals surface area contributed by atoms with Crippen LogP contribution in [0.15, 0.2) is 0 Å². The Kier molecular flexibility index (Phi) is 2.97. The molecule has 1 heterocycles. The quantitative estimate of drug-likeness (QED) is 0.469. The van der Waals surface area contributed by atoms with Crippen LogP contribution in [-0.2, 0) is 28.6 Å². The fourth-order valence-electron chi connectivity index (χ4n) is 1.34. The van der Waals surface area contributed by atoms with Crippen molar-refractivity contribution in [3.05, 3.63) is 0 Å². The standard InChI is InChI=1S/C9H12O6/c1-5(10)14-7-4-13-8(12)9(7,3)15-6(2)11/h7H,4H2,1-3H3/t7-,9+/m0/s1. The third kappa shape index (κ3) is 2.26. The van der Waals surface area contributed by atoms with Crippen molar-refractivity contribution in [3.63, 3.8) is 0 Å². The SMILES string of the molecule is CC(=O)O[C@H]1COC(=O)[C@]1(C)OC(C)=O. The molecule has 0 amide bonds. The zero-order valence-corrected chi connectivity index (χ0v) is 8.73. The summed E-state index contributed by atoms with van der Waals surface area (Å²) in [5, 5.41) is 0. The predicted molar refractivity (Wildman–Crippen MR) is 46.7 cm³/mol. The predicted octanol–water partition coefficient (Wildman–Crippen LogP) is -0.203. The molecule has 2 atom stereocenters. The van der Waals surface area contributed by atoms with Crippen molar-refractivity contribution in [2.75, 3.05) is 6.61 Å². The maximum absolute atomic E-state index is 11.3. The highest BCUT2D eigenvalue weighted by molar-refractivity contribution is 5.85. The zero-order chi connectivity index (χ0) is 11.6. The van der Waals surface area contributed by atoms with Crippen molar-refractivity contribution in [1.82, 2.24) is 0 Å². The van der Waals surface area contributed by atoms with E-state index < -0.39 is 29.6 Å². The lowest BCUT2D eigenvalue weighted by atomic mass is 10.0. The molecule has 0 aromatic rings. The Balaban J connectivity index is 2.83. The van der Waals surface area contributed by atoms with Gasteiger partial charge in [0.15, 0.2) is 6.10 Å². The molecule has 0 unspecified atom stereocenters. The number of carbonyl (C=O) groups excluding carboxylic acids is 3. The summed E-state index contributed by atoms with van der Waals surface area (Å²) in [5.74, 6) is -1.89. The van der Waals surface area contributed by atoms with E-state index in [1.165, 1.54) is 20.8 Å². The number of ether oxygens (including phenoxy) is 3. The summed E-state index contributed by atoms with van der Waals surface area (Å²) in [4.78, 5) is 32.9. The molecule has 0 saturated carbocycles. The summed E-state index contributed by atoms with van der Waals surface area (Å²) in [6.07, 6.45) is -0.883. The van der Waals surface area contributed by atoms with E-state index in [0.717, 1.165) is 0 Å². The van der Waals surface area contributed by atoms with Crippen LogP contribution in [0.1, 0.15) is 20.8 Å². The Morgan fingerprint density at radius 1 is 1.40 bits per heavy atom. The smallest absolute Gasteiger partial charge is 0.354 e. The second kappa shape index (κ2) is 3.88. The van der Waals surface area contributed by atoms with Crippen molar-refractivity contribution in [2.45, 2.75) is 32.5 Å². The highest BCUT2D eigenvalue weighted by Crippen LogP contribution is 2.27. The Morgan fingerprint density at radius 2 is 2.00 bits per heavy atom. The Bertz CT molecular complexity index is 310. The maximum atomic E-state index is 11.3. The molecule has 0 aromatic carbocycles. The molecule has 0 aromatic heterocycles. The third-order valence-electron chi connectivity index (χ3n) is 2.05. The minimum absolute atomic E-state index is 0.0950. The summed E-state index contributed by atoms with van der Waals surface area (Å²) in [7, 11) is 0. The molecular formula is C9H12O6. The molecule has 0 radical (unpaired) electrons. The second-order valence-electron chi connectivity index (χ2n) is 3.40. The van der Waals surface area contributed by atoms with Crippen molar-refractivity contribution in [2.24, 2.45) is 0 Å². The van der Waals surface area contributed by atoms with Gasteiger partial charge in [-0.1, -0.05) is 0 Å². The highest BCUT2D eigenvalue weighted by Gasteiger charge is 2.54. The molecule has 1 aliphatic rings. The number of esters is 3. The monoisotopic (exact) mass is 216 g/mol. The molecule has 84 valence electrons. The van der Waals surface area contributed by atoms with Gasteiger partial charge in [0, 0.05) is 13.8 Å².